The molecule has 0 atom stereocenters. The van der Waals surface area contributed by atoms with E-state index in [4.69, 9.17) is 5.73 Å². The summed E-state index contributed by atoms with van der Waals surface area (Å²) >= 11 is 1.71. The Labute approximate surface area is 104 Å². The maximum absolute atomic E-state index is 5.72. The minimum Gasteiger partial charge on any atom is -0.351 e. The minimum absolute atomic E-state index is 0.624. The predicted molar refractivity (Wildman–Crippen MR) is 71.5 cm³/mol. The lowest BCUT2D eigenvalue weighted by molar-refractivity contribution is 0.386. The van der Waals surface area contributed by atoms with E-state index in [2.05, 4.69) is 20.2 Å². The van der Waals surface area contributed by atoms with Crippen molar-refractivity contribution < 1.29 is 0 Å². The van der Waals surface area contributed by atoms with E-state index < -0.39 is 0 Å². The summed E-state index contributed by atoms with van der Waals surface area (Å²) in [7, 11) is 0. The quantitative estimate of drug-likeness (QED) is 0.899. The highest BCUT2D eigenvalue weighted by atomic mass is 32.1. The van der Waals surface area contributed by atoms with Crippen molar-refractivity contribution in [3.05, 3.63) is 17.8 Å². The number of hydrogen-bond acceptors (Lipinski definition) is 5. The van der Waals surface area contributed by atoms with Gasteiger partial charge in [-0.2, -0.15) is 0 Å². The summed E-state index contributed by atoms with van der Waals surface area (Å²) in [6, 6.07) is 2.67. The molecule has 0 aliphatic heterocycles. The van der Waals surface area contributed by atoms with E-state index in [0.717, 1.165) is 17.9 Å². The Morgan fingerprint density at radius 3 is 3.00 bits per heavy atom. The molecule has 3 rings (SSSR count). The van der Waals surface area contributed by atoms with Crippen molar-refractivity contribution in [1.29, 1.82) is 0 Å². The number of anilines is 1. The molecule has 1 aliphatic rings. The first-order valence-electron chi connectivity index (χ1n) is 6.05. The molecule has 0 saturated heterocycles. The summed E-state index contributed by atoms with van der Waals surface area (Å²) in [6.07, 6.45) is 5.50. The van der Waals surface area contributed by atoms with Crippen LogP contribution in [0.5, 0.6) is 0 Å². The van der Waals surface area contributed by atoms with Gasteiger partial charge >= 0.3 is 0 Å². The van der Waals surface area contributed by atoms with Crippen LogP contribution in [0.3, 0.4) is 0 Å². The SMILES string of the molecule is NCCN(c1ncnc2ccsc12)C1CCC1. The topological polar surface area (TPSA) is 55.0 Å². The van der Waals surface area contributed by atoms with Crippen molar-refractivity contribution in [3.8, 4) is 0 Å². The monoisotopic (exact) mass is 248 g/mol. The van der Waals surface area contributed by atoms with Crippen molar-refractivity contribution in [3.63, 3.8) is 0 Å². The molecule has 2 aromatic heterocycles. The van der Waals surface area contributed by atoms with Crippen LogP contribution in [0.1, 0.15) is 19.3 Å². The van der Waals surface area contributed by atoms with E-state index in [1.54, 1.807) is 17.7 Å². The van der Waals surface area contributed by atoms with Crippen LogP contribution >= 0.6 is 11.3 Å². The Bertz CT molecular complexity index is 506. The molecule has 0 unspecified atom stereocenters. The number of aromatic nitrogens is 2. The molecular weight excluding hydrogens is 232 g/mol. The van der Waals surface area contributed by atoms with E-state index in [1.807, 2.05) is 6.07 Å². The third-order valence-electron chi connectivity index (χ3n) is 3.38. The Hall–Kier alpha value is -1.20. The Morgan fingerprint density at radius 2 is 2.29 bits per heavy atom. The van der Waals surface area contributed by atoms with Crippen LogP contribution in [-0.4, -0.2) is 29.1 Å². The van der Waals surface area contributed by atoms with Gasteiger partial charge in [0.2, 0.25) is 0 Å². The van der Waals surface area contributed by atoms with Crippen LogP contribution in [0.4, 0.5) is 5.82 Å². The van der Waals surface area contributed by atoms with Crippen LogP contribution in [0.15, 0.2) is 17.8 Å². The number of thiophene rings is 1. The molecule has 0 radical (unpaired) electrons. The Morgan fingerprint density at radius 1 is 1.41 bits per heavy atom. The van der Waals surface area contributed by atoms with E-state index in [1.165, 1.54) is 24.0 Å². The summed E-state index contributed by atoms with van der Waals surface area (Å²) in [5.41, 5.74) is 6.76. The number of nitrogens with two attached hydrogens (primary N) is 1. The largest absolute Gasteiger partial charge is 0.351 e. The first kappa shape index (κ1) is 10.9. The molecule has 0 bridgehead atoms. The van der Waals surface area contributed by atoms with Crippen molar-refractivity contribution in [2.24, 2.45) is 5.73 Å². The fourth-order valence-corrected chi connectivity index (χ4v) is 3.13. The average molecular weight is 248 g/mol. The number of fused-ring (bicyclic) bond motifs is 1. The van der Waals surface area contributed by atoms with Crippen LogP contribution in [0.25, 0.3) is 10.2 Å². The first-order valence-corrected chi connectivity index (χ1v) is 6.93. The molecule has 0 spiro atoms. The van der Waals surface area contributed by atoms with Crippen LogP contribution in [0, 0.1) is 0 Å². The molecule has 1 saturated carbocycles. The number of hydrogen-bond donors (Lipinski definition) is 1. The van der Waals surface area contributed by atoms with Gasteiger partial charge in [-0.05, 0) is 30.7 Å². The van der Waals surface area contributed by atoms with Gasteiger partial charge in [0.15, 0.2) is 0 Å². The second-order valence-electron chi connectivity index (χ2n) is 4.40. The summed E-state index contributed by atoms with van der Waals surface area (Å²) < 4.78 is 1.19. The van der Waals surface area contributed by atoms with Crippen LogP contribution in [-0.2, 0) is 0 Å². The summed E-state index contributed by atoms with van der Waals surface area (Å²) in [5.74, 6) is 1.07. The molecule has 2 aromatic rings. The molecule has 0 aromatic carbocycles. The highest BCUT2D eigenvalue weighted by Gasteiger charge is 2.26. The highest BCUT2D eigenvalue weighted by molar-refractivity contribution is 7.17. The fourth-order valence-electron chi connectivity index (χ4n) is 2.28. The molecule has 4 nitrogen and oxygen atoms in total. The molecule has 5 heteroatoms. The van der Waals surface area contributed by atoms with Crippen molar-refractivity contribution >= 4 is 27.4 Å². The van der Waals surface area contributed by atoms with E-state index in [0.29, 0.717) is 12.6 Å². The van der Waals surface area contributed by atoms with Gasteiger partial charge in [-0.3, -0.25) is 0 Å². The van der Waals surface area contributed by atoms with Crippen molar-refractivity contribution in [1.82, 2.24) is 9.97 Å². The summed E-state index contributed by atoms with van der Waals surface area (Å²) in [4.78, 5) is 11.1. The maximum atomic E-state index is 5.72. The van der Waals surface area contributed by atoms with Gasteiger partial charge in [0.05, 0.1) is 10.2 Å². The summed E-state index contributed by atoms with van der Waals surface area (Å²) in [5, 5.41) is 2.07. The van der Waals surface area contributed by atoms with E-state index in [-0.39, 0.29) is 0 Å². The van der Waals surface area contributed by atoms with Crippen LogP contribution in [0.2, 0.25) is 0 Å². The minimum atomic E-state index is 0.624. The van der Waals surface area contributed by atoms with Gasteiger partial charge in [0, 0.05) is 19.1 Å². The maximum Gasteiger partial charge on any atom is 0.150 e. The lowest BCUT2D eigenvalue weighted by Crippen LogP contribution is -2.43. The molecule has 2 N–H and O–H groups in total. The number of rotatable bonds is 4. The average Bonchev–Trinajstić information content (AvgIpc) is 2.73. The summed E-state index contributed by atoms with van der Waals surface area (Å²) in [6.45, 7) is 1.56. The zero-order chi connectivity index (χ0) is 11.7. The zero-order valence-corrected chi connectivity index (χ0v) is 10.5. The molecule has 1 fully saturated rings. The first-order chi connectivity index (χ1) is 8.40. The van der Waals surface area contributed by atoms with Crippen LogP contribution < -0.4 is 10.6 Å². The van der Waals surface area contributed by atoms with E-state index >= 15 is 0 Å². The van der Waals surface area contributed by atoms with Gasteiger partial charge in [-0.15, -0.1) is 11.3 Å². The Kier molecular flexibility index (Phi) is 2.94. The second-order valence-corrected chi connectivity index (χ2v) is 5.32. The lowest BCUT2D eigenvalue weighted by Gasteiger charge is -2.38. The standard InChI is InChI=1S/C12H16N4S/c13-5-6-16(9-2-1-3-9)12-11-10(4-7-17-11)14-8-15-12/h4,7-9H,1-3,5-6,13H2. The zero-order valence-electron chi connectivity index (χ0n) is 9.67. The van der Waals surface area contributed by atoms with Gasteiger partial charge in [0.25, 0.3) is 0 Å². The van der Waals surface area contributed by atoms with Gasteiger partial charge < -0.3 is 10.6 Å². The molecule has 1 aliphatic carbocycles. The third kappa shape index (κ3) is 1.89. The Balaban J connectivity index is 2.01. The van der Waals surface area contributed by atoms with Gasteiger partial charge in [-0.25, -0.2) is 9.97 Å². The van der Waals surface area contributed by atoms with Crippen molar-refractivity contribution in [2.45, 2.75) is 25.3 Å². The molecule has 17 heavy (non-hydrogen) atoms. The second kappa shape index (κ2) is 4.58. The predicted octanol–water partition coefficient (Wildman–Crippen LogP) is 2.01. The molecule has 2 heterocycles. The third-order valence-corrected chi connectivity index (χ3v) is 4.28. The van der Waals surface area contributed by atoms with E-state index in [9.17, 15) is 0 Å². The highest BCUT2D eigenvalue weighted by Crippen LogP contribution is 2.33. The molecule has 0 amide bonds. The lowest BCUT2D eigenvalue weighted by atomic mass is 9.91. The van der Waals surface area contributed by atoms with Crippen molar-refractivity contribution in [2.75, 3.05) is 18.0 Å². The fraction of sp³-hybridized carbons (Fsp3) is 0.500. The molecule has 90 valence electrons. The molecular formula is C12H16N4S. The van der Waals surface area contributed by atoms with Gasteiger partial charge in [0.1, 0.15) is 12.1 Å². The number of nitrogens with zero attached hydrogens (tertiary/aromatic N) is 3. The normalized spacial score (nSPS) is 16.1. The smallest absolute Gasteiger partial charge is 0.150 e. The van der Waals surface area contributed by atoms with Gasteiger partial charge in [-0.1, -0.05) is 0 Å².